The molecule has 0 fully saturated rings. The van der Waals surface area contributed by atoms with E-state index in [1.807, 2.05) is 48.7 Å². The Hall–Kier alpha value is -3.59. The van der Waals surface area contributed by atoms with Crippen LogP contribution in [0, 0.1) is 0 Å². The molecule has 0 unspecified atom stereocenters. The SMILES string of the molecule is CCCN1C(=O)COc2ccc(-c3csc(NC(=O)CCc4ccc(OC)c(OC)c4)n3)cc21. The van der Waals surface area contributed by atoms with Gasteiger partial charge < -0.3 is 24.4 Å². The van der Waals surface area contributed by atoms with Crippen LogP contribution in [0.25, 0.3) is 11.3 Å². The molecule has 3 aromatic rings. The van der Waals surface area contributed by atoms with E-state index in [-0.39, 0.29) is 18.4 Å². The summed E-state index contributed by atoms with van der Waals surface area (Å²) in [6.07, 6.45) is 1.73. The summed E-state index contributed by atoms with van der Waals surface area (Å²) < 4.78 is 16.1. The first-order valence-electron chi connectivity index (χ1n) is 11.1. The van der Waals surface area contributed by atoms with Gasteiger partial charge in [-0.15, -0.1) is 11.3 Å². The maximum absolute atomic E-state index is 12.5. The van der Waals surface area contributed by atoms with Crippen molar-refractivity contribution >= 4 is 34.0 Å². The van der Waals surface area contributed by atoms with Gasteiger partial charge in [-0.25, -0.2) is 4.98 Å². The smallest absolute Gasteiger partial charge is 0.265 e. The predicted molar refractivity (Wildman–Crippen MR) is 132 cm³/mol. The summed E-state index contributed by atoms with van der Waals surface area (Å²) in [6, 6.07) is 11.3. The molecule has 2 amide bonds. The number of ether oxygens (including phenoxy) is 3. The van der Waals surface area contributed by atoms with Crippen molar-refractivity contribution in [3.05, 3.63) is 47.3 Å². The van der Waals surface area contributed by atoms with Crippen molar-refractivity contribution in [3.8, 4) is 28.5 Å². The van der Waals surface area contributed by atoms with Gasteiger partial charge in [-0.2, -0.15) is 0 Å². The van der Waals surface area contributed by atoms with Gasteiger partial charge >= 0.3 is 0 Å². The van der Waals surface area contributed by atoms with Gasteiger partial charge in [0.1, 0.15) is 5.75 Å². The Kier molecular flexibility index (Phi) is 7.32. The molecule has 0 saturated heterocycles. The van der Waals surface area contributed by atoms with Crippen molar-refractivity contribution in [2.75, 3.05) is 37.6 Å². The molecule has 0 radical (unpaired) electrons. The number of nitrogens with one attached hydrogen (secondary N) is 1. The fourth-order valence-electron chi connectivity index (χ4n) is 3.77. The molecule has 0 spiro atoms. The van der Waals surface area contributed by atoms with Crippen molar-refractivity contribution in [1.29, 1.82) is 0 Å². The molecule has 0 saturated carbocycles. The molecular formula is C25H27N3O5S. The van der Waals surface area contributed by atoms with Crippen LogP contribution in [0.1, 0.15) is 25.3 Å². The molecule has 0 aliphatic carbocycles. The van der Waals surface area contributed by atoms with Gasteiger partial charge in [-0.1, -0.05) is 13.0 Å². The lowest BCUT2D eigenvalue weighted by Crippen LogP contribution is -2.39. The Morgan fingerprint density at radius 1 is 1.18 bits per heavy atom. The topological polar surface area (TPSA) is 90.0 Å². The number of aromatic nitrogens is 1. The number of methoxy groups -OCH3 is 2. The molecule has 0 bridgehead atoms. The lowest BCUT2D eigenvalue weighted by Gasteiger charge is -2.29. The average Bonchev–Trinajstić information content (AvgIpc) is 3.32. The molecule has 2 heterocycles. The minimum Gasteiger partial charge on any atom is -0.493 e. The number of thiazole rings is 1. The van der Waals surface area contributed by atoms with Crippen LogP contribution in [0.2, 0.25) is 0 Å². The van der Waals surface area contributed by atoms with Gasteiger partial charge in [0, 0.05) is 23.9 Å². The van der Waals surface area contributed by atoms with Gasteiger partial charge in [0.05, 0.1) is 25.6 Å². The van der Waals surface area contributed by atoms with E-state index >= 15 is 0 Å². The number of anilines is 2. The largest absolute Gasteiger partial charge is 0.493 e. The average molecular weight is 482 g/mol. The number of rotatable bonds is 9. The zero-order valence-corrected chi connectivity index (χ0v) is 20.2. The van der Waals surface area contributed by atoms with Crippen LogP contribution < -0.4 is 24.4 Å². The Morgan fingerprint density at radius 3 is 2.76 bits per heavy atom. The third-order valence-electron chi connectivity index (χ3n) is 5.48. The highest BCUT2D eigenvalue weighted by molar-refractivity contribution is 7.14. The van der Waals surface area contributed by atoms with Crippen molar-refractivity contribution < 1.29 is 23.8 Å². The second kappa shape index (κ2) is 10.6. The predicted octanol–water partition coefficient (Wildman–Crippen LogP) is 4.53. The quantitative estimate of drug-likeness (QED) is 0.483. The fraction of sp³-hybridized carbons (Fsp3) is 0.320. The molecular weight excluding hydrogens is 454 g/mol. The Bertz CT molecular complexity index is 1190. The van der Waals surface area contributed by atoms with E-state index in [2.05, 4.69) is 10.3 Å². The third kappa shape index (κ3) is 5.14. The summed E-state index contributed by atoms with van der Waals surface area (Å²) in [5, 5.41) is 5.30. The molecule has 0 atom stereocenters. The summed E-state index contributed by atoms with van der Waals surface area (Å²) in [6.45, 7) is 2.73. The summed E-state index contributed by atoms with van der Waals surface area (Å²) in [4.78, 5) is 31.1. The number of benzene rings is 2. The van der Waals surface area contributed by atoms with E-state index in [1.54, 1.807) is 19.1 Å². The number of hydrogen-bond donors (Lipinski definition) is 1. The van der Waals surface area contributed by atoms with E-state index in [4.69, 9.17) is 14.2 Å². The molecule has 9 heteroatoms. The van der Waals surface area contributed by atoms with E-state index in [9.17, 15) is 9.59 Å². The second-order valence-electron chi connectivity index (χ2n) is 7.79. The van der Waals surface area contributed by atoms with E-state index < -0.39 is 0 Å². The van der Waals surface area contributed by atoms with Crippen LogP contribution in [-0.2, 0) is 16.0 Å². The summed E-state index contributed by atoms with van der Waals surface area (Å²) in [5.74, 6) is 1.82. The third-order valence-corrected chi connectivity index (χ3v) is 6.24. The number of nitrogens with zero attached hydrogens (tertiary/aromatic N) is 2. The first-order chi connectivity index (χ1) is 16.5. The second-order valence-corrected chi connectivity index (χ2v) is 8.65. The molecule has 1 aliphatic rings. The molecule has 8 nitrogen and oxygen atoms in total. The summed E-state index contributed by atoms with van der Waals surface area (Å²) in [5.41, 5.74) is 3.33. The van der Waals surface area contributed by atoms with Gasteiger partial charge in [-0.3, -0.25) is 9.59 Å². The fourth-order valence-corrected chi connectivity index (χ4v) is 4.51. The summed E-state index contributed by atoms with van der Waals surface area (Å²) in [7, 11) is 3.18. The first kappa shape index (κ1) is 23.6. The number of aryl methyl sites for hydroxylation is 1. The van der Waals surface area contributed by atoms with Crippen LogP contribution in [0.4, 0.5) is 10.8 Å². The van der Waals surface area contributed by atoms with Crippen LogP contribution in [0.15, 0.2) is 41.8 Å². The van der Waals surface area contributed by atoms with E-state index in [1.165, 1.54) is 11.3 Å². The zero-order valence-electron chi connectivity index (χ0n) is 19.4. The molecule has 34 heavy (non-hydrogen) atoms. The van der Waals surface area contributed by atoms with E-state index in [0.29, 0.717) is 41.8 Å². The van der Waals surface area contributed by atoms with Crippen LogP contribution in [0.3, 0.4) is 0 Å². The lowest BCUT2D eigenvalue weighted by molar-refractivity contribution is -0.121. The molecule has 178 valence electrons. The highest BCUT2D eigenvalue weighted by Crippen LogP contribution is 2.37. The molecule has 1 aromatic heterocycles. The van der Waals surface area contributed by atoms with Crippen LogP contribution in [-0.4, -0.2) is 44.2 Å². The number of amides is 2. The highest BCUT2D eigenvalue weighted by atomic mass is 32.1. The van der Waals surface area contributed by atoms with E-state index in [0.717, 1.165) is 28.9 Å². The van der Waals surface area contributed by atoms with Crippen molar-refractivity contribution in [1.82, 2.24) is 4.98 Å². The maximum atomic E-state index is 12.5. The normalized spacial score (nSPS) is 12.7. The summed E-state index contributed by atoms with van der Waals surface area (Å²) >= 11 is 1.36. The maximum Gasteiger partial charge on any atom is 0.265 e. The Morgan fingerprint density at radius 2 is 2.00 bits per heavy atom. The Labute approximate surface area is 202 Å². The van der Waals surface area contributed by atoms with Crippen molar-refractivity contribution in [2.24, 2.45) is 0 Å². The minimum absolute atomic E-state index is 0.0489. The number of carbonyl (C=O) groups excluding carboxylic acids is 2. The molecule has 1 N–H and O–H groups in total. The van der Waals surface area contributed by atoms with Gasteiger partial charge in [0.25, 0.3) is 5.91 Å². The monoisotopic (exact) mass is 481 g/mol. The van der Waals surface area contributed by atoms with Crippen molar-refractivity contribution in [2.45, 2.75) is 26.2 Å². The molecule has 4 rings (SSSR count). The van der Waals surface area contributed by atoms with Gasteiger partial charge in [0.15, 0.2) is 23.2 Å². The highest BCUT2D eigenvalue weighted by Gasteiger charge is 2.25. The van der Waals surface area contributed by atoms with Crippen LogP contribution in [0.5, 0.6) is 17.2 Å². The van der Waals surface area contributed by atoms with Gasteiger partial charge in [0.2, 0.25) is 5.91 Å². The van der Waals surface area contributed by atoms with Crippen molar-refractivity contribution in [3.63, 3.8) is 0 Å². The lowest BCUT2D eigenvalue weighted by atomic mass is 10.1. The van der Waals surface area contributed by atoms with Gasteiger partial charge in [-0.05, 0) is 48.7 Å². The molecule has 1 aliphatic heterocycles. The Balaban J connectivity index is 1.41. The molecule has 2 aromatic carbocycles. The zero-order chi connectivity index (χ0) is 24.1. The van der Waals surface area contributed by atoms with Crippen LogP contribution >= 0.6 is 11.3 Å². The number of carbonyl (C=O) groups is 2. The standard InChI is InChI=1S/C25H27N3O5S/c1-4-11-28-19-13-17(7-9-20(19)33-14-24(28)30)18-15-34-25(26-18)27-23(29)10-6-16-5-8-21(31-2)22(12-16)32-3/h5,7-9,12-13,15H,4,6,10-11,14H2,1-3H3,(H,26,27,29). The minimum atomic E-state index is -0.116. The number of fused-ring (bicyclic) bond motifs is 1. The number of hydrogen-bond acceptors (Lipinski definition) is 7. The first-order valence-corrected chi connectivity index (χ1v) is 11.9.